The maximum Gasteiger partial charge on any atom is 0.306 e. The van der Waals surface area contributed by atoms with E-state index in [1.165, 1.54) is 193 Å². The van der Waals surface area contributed by atoms with Gasteiger partial charge in [0.1, 0.15) is 13.2 Å². The second-order valence-electron chi connectivity index (χ2n) is 22.3. The average molecular weight is 1100 g/mol. The standard InChI is InChI=1S/C73H126O6/c1-4-7-10-13-16-19-22-25-27-29-31-33-35-36-38-39-41-43-45-48-51-54-57-60-63-66-72(75)78-69-70(68-77-71(74)65-62-59-56-53-50-47-24-21-18-15-12-9-6-3)79-73(76)67-64-61-58-55-52-49-46-44-42-40-37-34-32-30-28-26-23-20-17-14-11-8-5-2/h7,9-10,12,16,18-19,21,25,27,31,33,47,50,56,59,70H,4-6,8,11,13-15,17,20,22-24,26,28-30,32,34-46,48-49,51-55,57-58,60-69H2,1-3H3/b10-7-,12-9-,19-16-,21-18-,27-25-,33-31-,50-47-,59-56-. The molecule has 0 amide bonds. The van der Waals surface area contributed by atoms with Crippen LogP contribution in [-0.4, -0.2) is 37.2 Å². The summed E-state index contributed by atoms with van der Waals surface area (Å²) in [6, 6.07) is 0. The van der Waals surface area contributed by atoms with Gasteiger partial charge in [0.25, 0.3) is 0 Å². The van der Waals surface area contributed by atoms with Gasteiger partial charge in [-0.25, -0.2) is 0 Å². The first-order valence-corrected chi connectivity index (χ1v) is 33.7. The van der Waals surface area contributed by atoms with Gasteiger partial charge in [-0.05, 0) is 83.5 Å². The molecule has 79 heavy (non-hydrogen) atoms. The van der Waals surface area contributed by atoms with Gasteiger partial charge in [-0.15, -0.1) is 0 Å². The maximum atomic E-state index is 12.9. The molecule has 1 atom stereocenters. The molecule has 6 nitrogen and oxygen atoms in total. The Bertz CT molecular complexity index is 1540. The van der Waals surface area contributed by atoms with Crippen molar-refractivity contribution in [2.24, 2.45) is 0 Å². The lowest BCUT2D eigenvalue weighted by molar-refractivity contribution is -0.166. The summed E-state index contributed by atoms with van der Waals surface area (Å²) in [6.07, 6.45) is 90.2. The van der Waals surface area contributed by atoms with Crippen LogP contribution >= 0.6 is 0 Å². The summed E-state index contributed by atoms with van der Waals surface area (Å²) in [7, 11) is 0. The van der Waals surface area contributed by atoms with E-state index < -0.39 is 6.10 Å². The van der Waals surface area contributed by atoms with Crippen molar-refractivity contribution >= 4 is 17.9 Å². The van der Waals surface area contributed by atoms with E-state index in [0.717, 1.165) is 89.9 Å². The molecule has 6 heteroatoms. The molecular weight excluding hydrogens is 973 g/mol. The first kappa shape index (κ1) is 75.3. The lowest BCUT2D eigenvalue weighted by Gasteiger charge is -2.18. The molecule has 0 N–H and O–H groups in total. The van der Waals surface area contributed by atoms with Gasteiger partial charge in [0.15, 0.2) is 6.10 Å². The fourth-order valence-electron chi connectivity index (χ4n) is 9.63. The summed E-state index contributed by atoms with van der Waals surface area (Å²) in [4.78, 5) is 38.3. The van der Waals surface area contributed by atoms with Crippen molar-refractivity contribution in [2.45, 2.75) is 335 Å². The molecule has 0 aromatic rings. The molecule has 0 rings (SSSR count). The van der Waals surface area contributed by atoms with Gasteiger partial charge >= 0.3 is 17.9 Å². The van der Waals surface area contributed by atoms with Gasteiger partial charge in [-0.3, -0.25) is 14.4 Å². The van der Waals surface area contributed by atoms with Crippen LogP contribution in [0, 0.1) is 0 Å². The van der Waals surface area contributed by atoms with Crippen molar-refractivity contribution in [1.82, 2.24) is 0 Å². The molecule has 0 aliphatic rings. The third-order valence-corrected chi connectivity index (χ3v) is 14.6. The number of rotatable bonds is 61. The van der Waals surface area contributed by atoms with E-state index in [-0.39, 0.29) is 37.5 Å². The van der Waals surface area contributed by atoms with E-state index in [1.807, 2.05) is 6.08 Å². The lowest BCUT2D eigenvalue weighted by atomic mass is 10.0. The summed E-state index contributed by atoms with van der Waals surface area (Å²) in [5.41, 5.74) is 0. The van der Waals surface area contributed by atoms with E-state index >= 15 is 0 Å². The molecule has 0 aliphatic heterocycles. The number of hydrogen-bond donors (Lipinski definition) is 0. The van der Waals surface area contributed by atoms with Crippen LogP contribution in [0.5, 0.6) is 0 Å². The molecule has 0 aromatic heterocycles. The fourth-order valence-corrected chi connectivity index (χ4v) is 9.63. The highest BCUT2D eigenvalue weighted by molar-refractivity contribution is 5.71. The third-order valence-electron chi connectivity index (χ3n) is 14.6. The Kier molecular flexibility index (Phi) is 63.7. The molecule has 0 bridgehead atoms. The first-order chi connectivity index (χ1) is 39.0. The van der Waals surface area contributed by atoms with E-state index in [9.17, 15) is 14.4 Å². The van der Waals surface area contributed by atoms with Crippen LogP contribution in [0.25, 0.3) is 0 Å². The predicted octanol–water partition coefficient (Wildman–Crippen LogP) is 23.2. The summed E-state index contributed by atoms with van der Waals surface area (Å²) >= 11 is 0. The molecule has 0 saturated carbocycles. The Morgan fingerprint density at radius 1 is 0.266 bits per heavy atom. The summed E-state index contributed by atoms with van der Waals surface area (Å²) in [5, 5.41) is 0. The molecule has 0 radical (unpaired) electrons. The fraction of sp³-hybridized carbons (Fsp3) is 0.740. The van der Waals surface area contributed by atoms with Crippen molar-refractivity contribution in [3.63, 3.8) is 0 Å². The summed E-state index contributed by atoms with van der Waals surface area (Å²) < 4.78 is 16.9. The van der Waals surface area contributed by atoms with Crippen molar-refractivity contribution in [1.29, 1.82) is 0 Å². The quantitative estimate of drug-likeness (QED) is 0.0261. The van der Waals surface area contributed by atoms with Gasteiger partial charge in [0.2, 0.25) is 0 Å². The highest BCUT2D eigenvalue weighted by atomic mass is 16.6. The Balaban J connectivity index is 4.31. The molecule has 0 spiro atoms. The van der Waals surface area contributed by atoms with Gasteiger partial charge in [-0.2, -0.15) is 0 Å². The second-order valence-corrected chi connectivity index (χ2v) is 22.3. The molecule has 0 fully saturated rings. The average Bonchev–Trinajstić information content (AvgIpc) is 3.45. The van der Waals surface area contributed by atoms with Crippen LogP contribution in [0.15, 0.2) is 97.2 Å². The van der Waals surface area contributed by atoms with Crippen LogP contribution in [0.4, 0.5) is 0 Å². The topological polar surface area (TPSA) is 78.9 Å². The summed E-state index contributed by atoms with van der Waals surface area (Å²) in [6.45, 7) is 6.39. The zero-order valence-electron chi connectivity index (χ0n) is 52.1. The van der Waals surface area contributed by atoms with Gasteiger partial charge in [0.05, 0.1) is 0 Å². The van der Waals surface area contributed by atoms with Crippen molar-refractivity contribution < 1.29 is 28.6 Å². The van der Waals surface area contributed by atoms with Gasteiger partial charge in [0, 0.05) is 19.3 Å². The molecule has 1 unspecified atom stereocenters. The molecule has 454 valence electrons. The Hall–Kier alpha value is -3.67. The van der Waals surface area contributed by atoms with Crippen molar-refractivity contribution in [3.05, 3.63) is 97.2 Å². The largest absolute Gasteiger partial charge is 0.462 e. The van der Waals surface area contributed by atoms with Crippen molar-refractivity contribution in [2.75, 3.05) is 13.2 Å². The number of unbranched alkanes of at least 4 members (excludes halogenated alkanes) is 34. The monoisotopic (exact) mass is 1100 g/mol. The smallest absolute Gasteiger partial charge is 0.306 e. The Morgan fingerprint density at radius 3 is 0.848 bits per heavy atom. The Morgan fingerprint density at radius 2 is 0.519 bits per heavy atom. The minimum absolute atomic E-state index is 0.0978. The predicted molar refractivity (Wildman–Crippen MR) is 344 cm³/mol. The lowest BCUT2D eigenvalue weighted by Crippen LogP contribution is -2.30. The second kappa shape index (κ2) is 66.8. The number of esters is 3. The van der Waals surface area contributed by atoms with Crippen LogP contribution < -0.4 is 0 Å². The SMILES string of the molecule is CC/C=C\C/C=C\C/C=C\C/C=C\CCCCCCCCCCCCCCC(=O)OCC(COC(=O)CC/C=C\C/C=C\C/C=C\C/C=C\CC)OC(=O)CCCCCCCCCCCCCCCCCCCCCCCCC. The number of allylic oxidation sites excluding steroid dienone is 16. The van der Waals surface area contributed by atoms with E-state index in [1.54, 1.807) is 0 Å². The van der Waals surface area contributed by atoms with Gasteiger partial charge < -0.3 is 14.2 Å². The van der Waals surface area contributed by atoms with E-state index in [4.69, 9.17) is 14.2 Å². The normalized spacial score (nSPS) is 12.7. The zero-order valence-corrected chi connectivity index (χ0v) is 52.1. The van der Waals surface area contributed by atoms with Crippen LogP contribution in [0.3, 0.4) is 0 Å². The minimum atomic E-state index is -0.807. The van der Waals surface area contributed by atoms with Gasteiger partial charge in [-0.1, -0.05) is 323 Å². The van der Waals surface area contributed by atoms with E-state index in [0.29, 0.717) is 19.3 Å². The number of carbonyl (C=O) groups excluding carboxylic acids is 3. The van der Waals surface area contributed by atoms with Crippen LogP contribution in [-0.2, 0) is 28.6 Å². The third kappa shape index (κ3) is 65.0. The number of carbonyl (C=O) groups is 3. The zero-order chi connectivity index (χ0) is 57.1. The Labute approximate surface area is 489 Å². The summed E-state index contributed by atoms with van der Waals surface area (Å²) in [5.74, 6) is -0.970. The van der Waals surface area contributed by atoms with E-state index in [2.05, 4.69) is 112 Å². The first-order valence-electron chi connectivity index (χ1n) is 33.7. The minimum Gasteiger partial charge on any atom is -0.462 e. The number of hydrogen-bond acceptors (Lipinski definition) is 6. The molecular formula is C73H126O6. The van der Waals surface area contributed by atoms with Crippen LogP contribution in [0.1, 0.15) is 329 Å². The molecule has 0 aromatic carbocycles. The highest BCUT2D eigenvalue weighted by Crippen LogP contribution is 2.18. The molecule has 0 saturated heterocycles. The maximum absolute atomic E-state index is 12.9. The van der Waals surface area contributed by atoms with Crippen LogP contribution in [0.2, 0.25) is 0 Å². The van der Waals surface area contributed by atoms with Crippen molar-refractivity contribution in [3.8, 4) is 0 Å². The number of ether oxygens (including phenoxy) is 3. The highest BCUT2D eigenvalue weighted by Gasteiger charge is 2.19. The molecule has 0 aliphatic carbocycles. The molecule has 0 heterocycles.